The predicted molar refractivity (Wildman–Crippen MR) is 72.1 cm³/mol. The Hall–Kier alpha value is -2.07. The molecule has 0 fully saturated rings. The van der Waals surface area contributed by atoms with Gasteiger partial charge in [-0.2, -0.15) is 0 Å². The van der Waals surface area contributed by atoms with Crippen molar-refractivity contribution < 1.29 is 14.3 Å². The number of ketones is 1. The van der Waals surface area contributed by atoms with E-state index in [4.69, 9.17) is 21.1 Å². The van der Waals surface area contributed by atoms with Crippen LogP contribution < -0.4 is 9.47 Å². The van der Waals surface area contributed by atoms with Crippen molar-refractivity contribution in [3.63, 3.8) is 0 Å². The topological polar surface area (TPSA) is 48.4 Å². The van der Waals surface area contributed by atoms with Crippen molar-refractivity contribution in [3.05, 3.63) is 53.3 Å². The van der Waals surface area contributed by atoms with Crippen LogP contribution in [0.15, 0.2) is 42.7 Å². The third-order valence-electron chi connectivity index (χ3n) is 2.45. The molecule has 0 unspecified atom stereocenters. The second-order valence-corrected chi connectivity index (χ2v) is 4.22. The van der Waals surface area contributed by atoms with Crippen molar-refractivity contribution in [2.45, 2.75) is 0 Å². The van der Waals surface area contributed by atoms with Gasteiger partial charge in [-0.3, -0.25) is 9.78 Å². The zero-order valence-corrected chi connectivity index (χ0v) is 11.1. The molecule has 0 aliphatic rings. The van der Waals surface area contributed by atoms with Gasteiger partial charge in [-0.1, -0.05) is 11.6 Å². The summed E-state index contributed by atoms with van der Waals surface area (Å²) in [6, 6.07) is 8.45. The monoisotopic (exact) mass is 277 g/mol. The molecule has 0 saturated carbocycles. The maximum absolute atomic E-state index is 11.9. The van der Waals surface area contributed by atoms with Gasteiger partial charge in [0.25, 0.3) is 0 Å². The largest absolute Gasteiger partial charge is 0.495 e. The van der Waals surface area contributed by atoms with E-state index in [1.54, 1.807) is 30.3 Å². The molecule has 0 spiro atoms. The fourth-order valence-corrected chi connectivity index (χ4v) is 1.57. The Morgan fingerprint density at radius 2 is 1.95 bits per heavy atom. The maximum atomic E-state index is 11.9. The van der Waals surface area contributed by atoms with Crippen molar-refractivity contribution in [1.29, 1.82) is 0 Å². The molecular weight excluding hydrogens is 266 g/mol. The number of halogens is 1. The number of rotatable bonds is 5. The highest BCUT2D eigenvalue weighted by atomic mass is 35.5. The minimum absolute atomic E-state index is 0.0590. The van der Waals surface area contributed by atoms with Crippen LogP contribution in [0.4, 0.5) is 0 Å². The first-order valence-corrected chi connectivity index (χ1v) is 5.97. The highest BCUT2D eigenvalue weighted by molar-refractivity contribution is 6.30. The summed E-state index contributed by atoms with van der Waals surface area (Å²) >= 11 is 5.76. The van der Waals surface area contributed by atoms with Gasteiger partial charge in [0.15, 0.2) is 6.61 Å². The summed E-state index contributed by atoms with van der Waals surface area (Å²) in [7, 11) is 1.52. The van der Waals surface area contributed by atoms with Crippen molar-refractivity contribution in [1.82, 2.24) is 4.98 Å². The summed E-state index contributed by atoms with van der Waals surface area (Å²) in [6.45, 7) is -0.0590. The molecule has 0 amide bonds. The zero-order chi connectivity index (χ0) is 13.7. The number of benzene rings is 1. The van der Waals surface area contributed by atoms with E-state index < -0.39 is 0 Å². The molecule has 0 N–H and O–H groups in total. The van der Waals surface area contributed by atoms with Gasteiger partial charge in [0.1, 0.15) is 11.5 Å². The Morgan fingerprint density at radius 3 is 2.63 bits per heavy atom. The SMILES string of the molecule is COc1cncc(C(=O)COc2ccc(Cl)cc2)c1. The molecule has 0 aliphatic carbocycles. The minimum Gasteiger partial charge on any atom is -0.495 e. The summed E-state index contributed by atoms with van der Waals surface area (Å²) < 4.78 is 10.4. The van der Waals surface area contributed by atoms with Gasteiger partial charge in [0.05, 0.1) is 13.3 Å². The van der Waals surface area contributed by atoms with E-state index >= 15 is 0 Å². The van der Waals surface area contributed by atoms with Crippen molar-refractivity contribution in [2.75, 3.05) is 13.7 Å². The van der Waals surface area contributed by atoms with Crippen LogP contribution in [0, 0.1) is 0 Å². The molecular formula is C14H12ClNO3. The van der Waals surface area contributed by atoms with E-state index in [0.29, 0.717) is 22.1 Å². The molecule has 5 heteroatoms. The average molecular weight is 278 g/mol. The first-order chi connectivity index (χ1) is 9.19. The number of carbonyl (C=O) groups excluding carboxylic acids is 1. The number of carbonyl (C=O) groups is 1. The molecule has 0 atom stereocenters. The van der Waals surface area contributed by atoms with Crippen molar-refractivity contribution in [2.24, 2.45) is 0 Å². The van der Waals surface area contributed by atoms with Gasteiger partial charge in [0, 0.05) is 16.8 Å². The summed E-state index contributed by atoms with van der Waals surface area (Å²) in [4.78, 5) is 15.8. The number of nitrogens with zero attached hydrogens (tertiary/aromatic N) is 1. The number of ether oxygens (including phenoxy) is 2. The lowest BCUT2D eigenvalue weighted by atomic mass is 10.2. The van der Waals surface area contributed by atoms with Crippen LogP contribution in [0.2, 0.25) is 5.02 Å². The lowest BCUT2D eigenvalue weighted by Crippen LogP contribution is -2.12. The van der Waals surface area contributed by atoms with Crippen LogP contribution in [0.3, 0.4) is 0 Å². The molecule has 0 bridgehead atoms. The van der Waals surface area contributed by atoms with Crippen molar-refractivity contribution >= 4 is 17.4 Å². The molecule has 0 aliphatic heterocycles. The predicted octanol–water partition coefficient (Wildman–Crippen LogP) is 3.01. The van der Waals surface area contributed by atoms with E-state index in [-0.39, 0.29) is 12.4 Å². The quantitative estimate of drug-likeness (QED) is 0.788. The highest BCUT2D eigenvalue weighted by Crippen LogP contribution is 2.16. The number of Topliss-reactive ketones (excluding diaryl/α,β-unsaturated/α-hetero) is 1. The molecule has 1 aromatic carbocycles. The third kappa shape index (κ3) is 3.69. The number of aromatic nitrogens is 1. The number of pyridine rings is 1. The molecule has 98 valence electrons. The van der Waals surface area contributed by atoms with Crippen molar-refractivity contribution in [3.8, 4) is 11.5 Å². The smallest absolute Gasteiger partial charge is 0.201 e. The van der Waals surface area contributed by atoms with E-state index in [9.17, 15) is 4.79 Å². The minimum atomic E-state index is -0.165. The molecule has 1 aromatic heterocycles. The second kappa shape index (κ2) is 6.20. The molecule has 19 heavy (non-hydrogen) atoms. The number of methoxy groups -OCH3 is 1. The van der Waals surface area contributed by atoms with E-state index in [1.807, 2.05) is 0 Å². The van der Waals surface area contributed by atoms with E-state index in [1.165, 1.54) is 19.5 Å². The Kier molecular flexibility index (Phi) is 4.36. The fourth-order valence-electron chi connectivity index (χ4n) is 1.45. The molecule has 2 aromatic rings. The van der Waals surface area contributed by atoms with E-state index in [2.05, 4.69) is 4.98 Å². The summed E-state index contributed by atoms with van der Waals surface area (Å²) in [5.41, 5.74) is 0.452. The van der Waals surface area contributed by atoms with Crippen LogP contribution >= 0.6 is 11.6 Å². The third-order valence-corrected chi connectivity index (χ3v) is 2.71. The molecule has 2 rings (SSSR count). The van der Waals surface area contributed by atoms with Gasteiger partial charge in [-0.15, -0.1) is 0 Å². The van der Waals surface area contributed by atoms with Gasteiger partial charge in [0.2, 0.25) is 5.78 Å². The zero-order valence-electron chi connectivity index (χ0n) is 10.3. The van der Waals surface area contributed by atoms with Gasteiger partial charge < -0.3 is 9.47 Å². The molecule has 0 radical (unpaired) electrons. The lowest BCUT2D eigenvalue weighted by Gasteiger charge is -2.06. The first kappa shape index (κ1) is 13.4. The van der Waals surface area contributed by atoms with Crippen LogP contribution in [0.5, 0.6) is 11.5 Å². The maximum Gasteiger partial charge on any atom is 0.201 e. The fraction of sp³-hybridized carbons (Fsp3) is 0.143. The van der Waals surface area contributed by atoms with Crippen LogP contribution in [-0.4, -0.2) is 24.5 Å². The molecule has 4 nitrogen and oxygen atoms in total. The summed E-state index contributed by atoms with van der Waals surface area (Å²) in [6.07, 6.45) is 3.02. The first-order valence-electron chi connectivity index (χ1n) is 5.59. The van der Waals surface area contributed by atoms with E-state index in [0.717, 1.165) is 0 Å². The Bertz CT molecular complexity index is 569. The average Bonchev–Trinajstić information content (AvgIpc) is 2.46. The van der Waals surface area contributed by atoms with Gasteiger partial charge >= 0.3 is 0 Å². The van der Waals surface area contributed by atoms with Gasteiger partial charge in [-0.25, -0.2) is 0 Å². The van der Waals surface area contributed by atoms with Crippen LogP contribution in [0.1, 0.15) is 10.4 Å². The highest BCUT2D eigenvalue weighted by Gasteiger charge is 2.08. The lowest BCUT2D eigenvalue weighted by molar-refractivity contribution is 0.0921. The Labute approximate surface area is 115 Å². The van der Waals surface area contributed by atoms with Crippen LogP contribution in [0.25, 0.3) is 0 Å². The van der Waals surface area contributed by atoms with Crippen LogP contribution in [-0.2, 0) is 0 Å². The Morgan fingerprint density at radius 1 is 1.21 bits per heavy atom. The second-order valence-electron chi connectivity index (χ2n) is 3.78. The summed E-state index contributed by atoms with van der Waals surface area (Å²) in [5, 5.41) is 0.621. The molecule has 1 heterocycles. The normalized spacial score (nSPS) is 10.0. The number of hydrogen-bond acceptors (Lipinski definition) is 4. The standard InChI is InChI=1S/C14H12ClNO3/c1-18-13-6-10(7-16-8-13)14(17)9-19-12-4-2-11(15)3-5-12/h2-8H,9H2,1H3. The number of hydrogen-bond donors (Lipinski definition) is 0. The molecule has 0 saturated heterocycles. The Balaban J connectivity index is 1.99. The van der Waals surface area contributed by atoms with Gasteiger partial charge in [-0.05, 0) is 30.3 Å². The summed E-state index contributed by atoms with van der Waals surface area (Å²) in [5.74, 6) is 0.965.